The third-order valence-corrected chi connectivity index (χ3v) is 5.35. The molecule has 0 unspecified atom stereocenters. The maximum Gasteiger partial charge on any atom is 0.317 e. The van der Waals surface area contributed by atoms with E-state index in [0.29, 0.717) is 25.7 Å². The number of piperidine rings is 1. The number of hydrogen-bond donors (Lipinski definition) is 1. The molecule has 3 fully saturated rings. The van der Waals surface area contributed by atoms with Crippen LogP contribution in [0.4, 0.5) is 9.93 Å². The van der Waals surface area contributed by atoms with Crippen LogP contribution in [0.15, 0.2) is 5.51 Å². The number of carbonyl (C=O) groups is 1. The van der Waals surface area contributed by atoms with Crippen molar-refractivity contribution in [2.45, 2.75) is 37.3 Å². The topological polar surface area (TPSA) is 70.6 Å². The molecule has 0 bridgehead atoms. The standard InChI is InChI=1S/C14H21N5O2S/c20-12(16-11-2-3-11)18-6-7-21-14(8-18)4-1-5-19(9-14)13-17-15-10-22-13/h10-11H,1-9H2,(H,16,20)/t14-/m1/s1. The van der Waals surface area contributed by atoms with Crippen molar-refractivity contribution >= 4 is 22.5 Å². The van der Waals surface area contributed by atoms with E-state index in [9.17, 15) is 4.79 Å². The Labute approximate surface area is 133 Å². The lowest BCUT2D eigenvalue weighted by Crippen LogP contribution is -2.62. The zero-order valence-corrected chi connectivity index (χ0v) is 13.3. The van der Waals surface area contributed by atoms with E-state index in [-0.39, 0.29) is 11.6 Å². The summed E-state index contributed by atoms with van der Waals surface area (Å²) < 4.78 is 6.13. The summed E-state index contributed by atoms with van der Waals surface area (Å²) in [5.74, 6) is 0. The lowest BCUT2D eigenvalue weighted by Gasteiger charge is -2.47. The van der Waals surface area contributed by atoms with Crippen LogP contribution in [-0.4, -0.2) is 65.6 Å². The maximum absolute atomic E-state index is 12.3. The number of carbonyl (C=O) groups excluding carboxylic acids is 1. The quantitative estimate of drug-likeness (QED) is 0.882. The Morgan fingerprint density at radius 2 is 2.32 bits per heavy atom. The Morgan fingerprint density at radius 1 is 1.41 bits per heavy atom. The highest BCUT2D eigenvalue weighted by molar-refractivity contribution is 7.13. The fourth-order valence-electron chi connectivity index (χ4n) is 3.33. The molecule has 3 aliphatic rings. The first-order chi connectivity index (χ1) is 10.7. The number of morpholine rings is 1. The number of nitrogens with zero attached hydrogens (tertiary/aromatic N) is 4. The maximum atomic E-state index is 12.3. The smallest absolute Gasteiger partial charge is 0.317 e. The van der Waals surface area contributed by atoms with Gasteiger partial charge in [0.25, 0.3) is 0 Å². The number of aromatic nitrogens is 2. The predicted octanol–water partition coefficient (Wildman–Crippen LogP) is 1.08. The van der Waals surface area contributed by atoms with Gasteiger partial charge in [0.05, 0.1) is 19.7 Å². The van der Waals surface area contributed by atoms with Gasteiger partial charge in [0.15, 0.2) is 0 Å². The first-order valence-electron chi connectivity index (χ1n) is 7.95. The number of urea groups is 1. The Morgan fingerprint density at radius 3 is 3.09 bits per heavy atom. The molecule has 120 valence electrons. The summed E-state index contributed by atoms with van der Waals surface area (Å²) in [6, 6.07) is 0.466. The van der Waals surface area contributed by atoms with E-state index in [0.717, 1.165) is 43.9 Å². The molecule has 2 aliphatic heterocycles. The van der Waals surface area contributed by atoms with Crippen molar-refractivity contribution in [3.63, 3.8) is 0 Å². The number of nitrogens with one attached hydrogen (secondary N) is 1. The van der Waals surface area contributed by atoms with Gasteiger partial charge in [-0.15, -0.1) is 10.2 Å². The van der Waals surface area contributed by atoms with Gasteiger partial charge in [-0.1, -0.05) is 11.3 Å². The molecule has 1 spiro atoms. The fraction of sp³-hybridized carbons (Fsp3) is 0.786. The first-order valence-corrected chi connectivity index (χ1v) is 8.83. The van der Waals surface area contributed by atoms with Crippen LogP contribution in [0.3, 0.4) is 0 Å². The van der Waals surface area contributed by atoms with Crippen LogP contribution in [-0.2, 0) is 4.74 Å². The van der Waals surface area contributed by atoms with Crippen LogP contribution in [0.25, 0.3) is 0 Å². The SMILES string of the molecule is O=C(NC1CC1)N1CCO[C@]2(CCCN(c3nncs3)C2)C1. The zero-order valence-electron chi connectivity index (χ0n) is 12.5. The van der Waals surface area contributed by atoms with Gasteiger partial charge in [0.2, 0.25) is 5.13 Å². The highest BCUT2D eigenvalue weighted by atomic mass is 32.1. The van der Waals surface area contributed by atoms with Crippen LogP contribution in [0.5, 0.6) is 0 Å². The van der Waals surface area contributed by atoms with Crippen molar-refractivity contribution in [2.24, 2.45) is 0 Å². The van der Waals surface area contributed by atoms with Gasteiger partial charge in [-0.05, 0) is 25.7 Å². The highest BCUT2D eigenvalue weighted by Gasteiger charge is 2.43. The largest absolute Gasteiger partial charge is 0.369 e. The zero-order chi connectivity index (χ0) is 15.0. The molecule has 0 radical (unpaired) electrons. The van der Waals surface area contributed by atoms with E-state index >= 15 is 0 Å². The summed E-state index contributed by atoms with van der Waals surface area (Å²) in [6.45, 7) is 3.73. The normalized spacial score (nSPS) is 28.9. The van der Waals surface area contributed by atoms with Crippen LogP contribution >= 0.6 is 11.3 Å². The van der Waals surface area contributed by atoms with Crippen molar-refractivity contribution in [1.82, 2.24) is 20.4 Å². The van der Waals surface area contributed by atoms with Gasteiger partial charge in [0, 0.05) is 19.1 Å². The molecule has 4 rings (SSSR count). The molecule has 1 N–H and O–H groups in total. The lowest BCUT2D eigenvalue weighted by atomic mass is 9.91. The fourth-order valence-corrected chi connectivity index (χ4v) is 3.91. The molecular weight excluding hydrogens is 302 g/mol. The molecule has 1 aliphatic carbocycles. The van der Waals surface area contributed by atoms with Crippen LogP contribution in [0, 0.1) is 0 Å². The Bertz CT molecular complexity index is 531. The molecule has 8 heteroatoms. The van der Waals surface area contributed by atoms with E-state index in [1.165, 1.54) is 0 Å². The molecule has 1 saturated carbocycles. The number of anilines is 1. The summed E-state index contributed by atoms with van der Waals surface area (Å²) in [7, 11) is 0. The third kappa shape index (κ3) is 2.89. The second-order valence-corrected chi connectivity index (χ2v) is 7.23. The predicted molar refractivity (Wildman–Crippen MR) is 83.2 cm³/mol. The summed E-state index contributed by atoms with van der Waals surface area (Å²) in [5, 5.41) is 12.1. The molecule has 1 aromatic heterocycles. The van der Waals surface area contributed by atoms with Crippen molar-refractivity contribution in [3.05, 3.63) is 5.51 Å². The number of rotatable bonds is 2. The van der Waals surface area contributed by atoms with E-state index < -0.39 is 0 Å². The van der Waals surface area contributed by atoms with Gasteiger partial charge >= 0.3 is 6.03 Å². The van der Waals surface area contributed by atoms with Gasteiger partial charge in [0.1, 0.15) is 11.1 Å². The van der Waals surface area contributed by atoms with E-state index in [1.807, 2.05) is 4.90 Å². The summed E-state index contributed by atoms with van der Waals surface area (Å²) in [5.41, 5.74) is 1.50. The Hall–Kier alpha value is -1.41. The molecule has 22 heavy (non-hydrogen) atoms. The summed E-state index contributed by atoms with van der Waals surface area (Å²) >= 11 is 1.56. The highest BCUT2D eigenvalue weighted by Crippen LogP contribution is 2.32. The minimum Gasteiger partial charge on any atom is -0.369 e. The van der Waals surface area contributed by atoms with Crippen LogP contribution < -0.4 is 10.2 Å². The van der Waals surface area contributed by atoms with Crippen LogP contribution in [0.1, 0.15) is 25.7 Å². The van der Waals surface area contributed by atoms with Crippen molar-refractivity contribution < 1.29 is 9.53 Å². The van der Waals surface area contributed by atoms with E-state index in [2.05, 4.69) is 20.4 Å². The molecular formula is C14H21N5O2S. The molecule has 2 saturated heterocycles. The third-order valence-electron chi connectivity index (χ3n) is 4.60. The molecule has 2 amide bonds. The Kier molecular flexibility index (Phi) is 3.65. The van der Waals surface area contributed by atoms with Crippen molar-refractivity contribution in [3.8, 4) is 0 Å². The minimum absolute atomic E-state index is 0.0678. The van der Waals surface area contributed by atoms with E-state index in [4.69, 9.17) is 4.74 Å². The molecule has 3 heterocycles. The lowest BCUT2D eigenvalue weighted by molar-refractivity contribution is -0.103. The monoisotopic (exact) mass is 323 g/mol. The Balaban J connectivity index is 1.44. The van der Waals surface area contributed by atoms with E-state index in [1.54, 1.807) is 16.8 Å². The second kappa shape index (κ2) is 5.66. The average molecular weight is 323 g/mol. The number of hydrogen-bond acceptors (Lipinski definition) is 6. The number of amides is 2. The first kappa shape index (κ1) is 14.2. The van der Waals surface area contributed by atoms with Crippen LogP contribution in [0.2, 0.25) is 0 Å². The van der Waals surface area contributed by atoms with Gasteiger partial charge < -0.3 is 19.9 Å². The number of ether oxygens (including phenoxy) is 1. The van der Waals surface area contributed by atoms with Gasteiger partial charge in [-0.2, -0.15) is 0 Å². The van der Waals surface area contributed by atoms with Crippen molar-refractivity contribution in [2.75, 3.05) is 37.7 Å². The molecule has 1 atom stereocenters. The molecule has 7 nitrogen and oxygen atoms in total. The summed E-state index contributed by atoms with van der Waals surface area (Å²) in [6.07, 6.45) is 4.28. The second-order valence-electron chi connectivity index (χ2n) is 6.42. The summed E-state index contributed by atoms with van der Waals surface area (Å²) in [4.78, 5) is 16.5. The minimum atomic E-state index is -0.261. The van der Waals surface area contributed by atoms with Gasteiger partial charge in [-0.3, -0.25) is 0 Å². The van der Waals surface area contributed by atoms with Gasteiger partial charge in [-0.25, -0.2) is 4.79 Å². The van der Waals surface area contributed by atoms with Crippen molar-refractivity contribution in [1.29, 1.82) is 0 Å². The molecule has 0 aromatic carbocycles. The average Bonchev–Trinajstić information content (AvgIpc) is 3.17. The molecule has 1 aromatic rings.